The van der Waals surface area contributed by atoms with Gasteiger partial charge in [-0.15, -0.1) is 0 Å². The van der Waals surface area contributed by atoms with E-state index in [-0.39, 0.29) is 5.56 Å². The summed E-state index contributed by atoms with van der Waals surface area (Å²) in [5.74, 6) is -1.20. The summed E-state index contributed by atoms with van der Waals surface area (Å²) in [7, 11) is 0. The van der Waals surface area contributed by atoms with E-state index < -0.39 is 11.9 Å². The van der Waals surface area contributed by atoms with Crippen LogP contribution in [0.15, 0.2) is 10.5 Å². The average molecular weight is 176 g/mol. The molecule has 0 atom stereocenters. The molecule has 3 rings (SSSR count). The Hall–Kier alpha value is -1.84. The summed E-state index contributed by atoms with van der Waals surface area (Å²) < 4.78 is 9.69. The highest BCUT2D eigenvalue weighted by atomic mass is 16.6. The second-order valence-electron chi connectivity index (χ2n) is 3.05. The van der Waals surface area contributed by atoms with Gasteiger partial charge in [0.05, 0.1) is 0 Å². The molecule has 0 aliphatic carbocycles. The van der Waals surface area contributed by atoms with Crippen molar-refractivity contribution in [3.8, 4) is 0 Å². The molecule has 0 N–H and O–H groups in total. The lowest BCUT2D eigenvalue weighted by Crippen LogP contribution is -1.97. The first-order valence-electron chi connectivity index (χ1n) is 3.80. The molecule has 2 aromatic heterocycles. The van der Waals surface area contributed by atoms with Gasteiger partial charge in [-0.1, -0.05) is 0 Å². The van der Waals surface area contributed by atoms with E-state index in [1.807, 2.05) is 6.92 Å². The van der Waals surface area contributed by atoms with E-state index in [0.29, 0.717) is 16.7 Å². The molecule has 0 spiro atoms. The van der Waals surface area contributed by atoms with Gasteiger partial charge in [-0.2, -0.15) is 0 Å². The fourth-order valence-electron chi connectivity index (χ4n) is 1.67. The zero-order valence-corrected chi connectivity index (χ0v) is 6.71. The van der Waals surface area contributed by atoms with Crippen LogP contribution in [0.2, 0.25) is 0 Å². The molecule has 2 bridgehead atoms. The highest BCUT2D eigenvalue weighted by Crippen LogP contribution is 2.36. The minimum Gasteiger partial charge on any atom is -0.455 e. The molecule has 1 aliphatic heterocycles. The fourth-order valence-corrected chi connectivity index (χ4v) is 1.67. The Morgan fingerprint density at radius 2 is 1.85 bits per heavy atom. The number of rotatable bonds is 0. The number of carbonyl (C=O) groups is 2. The van der Waals surface area contributed by atoms with Crippen molar-refractivity contribution in [2.24, 2.45) is 0 Å². The van der Waals surface area contributed by atoms with Crippen LogP contribution < -0.4 is 0 Å². The van der Waals surface area contributed by atoms with Crippen LogP contribution in [0.1, 0.15) is 26.3 Å². The van der Waals surface area contributed by atoms with Crippen molar-refractivity contribution in [3.05, 3.63) is 22.8 Å². The molecule has 0 radical (unpaired) electrons. The molecule has 0 fully saturated rings. The number of benzene rings is 1. The van der Waals surface area contributed by atoms with E-state index in [0.717, 1.165) is 5.56 Å². The molecule has 4 nitrogen and oxygen atoms in total. The lowest BCUT2D eigenvalue weighted by molar-refractivity contribution is 0.0443. The van der Waals surface area contributed by atoms with Crippen LogP contribution in [0.5, 0.6) is 0 Å². The summed E-state index contributed by atoms with van der Waals surface area (Å²) in [5.41, 5.74) is 2.35. The molecule has 0 aromatic carbocycles. The van der Waals surface area contributed by atoms with Gasteiger partial charge in [0, 0.05) is 0 Å². The monoisotopic (exact) mass is 176 g/mol. The maximum Gasteiger partial charge on any atom is 0.350 e. The molecule has 4 heteroatoms. The number of furan rings is 2. The molecule has 13 heavy (non-hydrogen) atoms. The van der Waals surface area contributed by atoms with Crippen molar-refractivity contribution < 1.29 is 18.7 Å². The summed E-state index contributed by atoms with van der Waals surface area (Å²) in [5, 5.41) is 0. The molecule has 2 aromatic rings. The predicted octanol–water partition coefficient (Wildman–Crippen LogP) is 1.49. The van der Waals surface area contributed by atoms with Gasteiger partial charge in [-0.05, 0) is 18.6 Å². The Balaban J connectivity index is 2.52. The van der Waals surface area contributed by atoms with E-state index in [2.05, 4.69) is 4.74 Å². The predicted molar refractivity (Wildman–Crippen MR) is 41.9 cm³/mol. The quantitative estimate of drug-likeness (QED) is 0.450. The number of esters is 2. The lowest BCUT2D eigenvalue weighted by Gasteiger charge is -1.87. The molecule has 0 saturated heterocycles. The number of hydrogen-bond donors (Lipinski definition) is 0. The lowest BCUT2D eigenvalue weighted by atomic mass is 10.1. The topological polar surface area (TPSA) is 56.5 Å². The normalized spacial score (nSPS) is 15.5. The standard InChI is InChI=1S/C9H4O4/c1-3-2-4-5-6(7(3)12-4)9(11)13-8(5)10/h2H,1H3. The van der Waals surface area contributed by atoms with Crippen LogP contribution in [0.25, 0.3) is 11.2 Å². The number of hydrogen-bond acceptors (Lipinski definition) is 4. The molecular formula is C9H4O4. The summed E-state index contributed by atoms with van der Waals surface area (Å²) in [6, 6.07) is 1.73. The Kier molecular flexibility index (Phi) is 0.888. The van der Waals surface area contributed by atoms with Gasteiger partial charge in [0.2, 0.25) is 0 Å². The summed E-state index contributed by atoms with van der Waals surface area (Å²) in [4.78, 5) is 22.3. The first-order valence-corrected chi connectivity index (χ1v) is 3.80. The Labute approximate surface area is 72.4 Å². The van der Waals surface area contributed by atoms with Crippen molar-refractivity contribution in [1.82, 2.24) is 0 Å². The van der Waals surface area contributed by atoms with Crippen molar-refractivity contribution in [3.63, 3.8) is 0 Å². The highest BCUT2D eigenvalue weighted by molar-refractivity contribution is 6.22. The van der Waals surface area contributed by atoms with E-state index in [1.54, 1.807) is 6.07 Å². The minimum absolute atomic E-state index is 0.283. The number of aryl methyl sites for hydroxylation is 1. The number of carbonyl (C=O) groups excluding carboxylic acids is 2. The molecular weight excluding hydrogens is 172 g/mol. The van der Waals surface area contributed by atoms with Gasteiger partial charge < -0.3 is 9.15 Å². The van der Waals surface area contributed by atoms with Gasteiger partial charge in [-0.3, -0.25) is 0 Å². The average Bonchev–Trinajstić information content (AvgIpc) is 2.64. The Morgan fingerprint density at radius 3 is 2.62 bits per heavy atom. The van der Waals surface area contributed by atoms with Crippen molar-refractivity contribution >= 4 is 23.1 Å². The van der Waals surface area contributed by atoms with E-state index in [1.165, 1.54) is 0 Å². The van der Waals surface area contributed by atoms with Crippen LogP contribution in [-0.4, -0.2) is 11.9 Å². The summed E-state index contributed by atoms with van der Waals surface area (Å²) in [6.07, 6.45) is 0. The molecule has 3 heterocycles. The van der Waals surface area contributed by atoms with E-state index in [9.17, 15) is 9.59 Å². The van der Waals surface area contributed by atoms with E-state index in [4.69, 9.17) is 4.42 Å². The SMILES string of the molecule is Cc1cc2oc1c1c2C(=O)OC1=O. The van der Waals surface area contributed by atoms with Crippen LogP contribution in [-0.2, 0) is 4.74 Å². The van der Waals surface area contributed by atoms with E-state index >= 15 is 0 Å². The maximum absolute atomic E-state index is 11.2. The number of ether oxygens (including phenoxy) is 1. The van der Waals surface area contributed by atoms with Crippen molar-refractivity contribution in [2.75, 3.05) is 0 Å². The first kappa shape index (κ1) is 6.65. The highest BCUT2D eigenvalue weighted by Gasteiger charge is 2.38. The molecule has 0 amide bonds. The second kappa shape index (κ2) is 1.74. The second-order valence-corrected chi connectivity index (χ2v) is 3.05. The fraction of sp³-hybridized carbons (Fsp3) is 0.111. The number of cyclic esters (lactones) is 2. The van der Waals surface area contributed by atoms with Crippen LogP contribution in [0.3, 0.4) is 0 Å². The largest absolute Gasteiger partial charge is 0.455 e. The zero-order chi connectivity index (χ0) is 9.16. The third-order valence-electron chi connectivity index (χ3n) is 2.23. The Morgan fingerprint density at radius 1 is 1.15 bits per heavy atom. The van der Waals surface area contributed by atoms with Crippen molar-refractivity contribution in [2.45, 2.75) is 6.92 Å². The first-order chi connectivity index (χ1) is 6.18. The van der Waals surface area contributed by atoms with Gasteiger partial charge in [-0.25, -0.2) is 9.59 Å². The smallest absolute Gasteiger partial charge is 0.350 e. The molecule has 64 valence electrons. The van der Waals surface area contributed by atoms with Gasteiger partial charge in [0.1, 0.15) is 22.3 Å². The number of fused-ring (bicyclic) bond motifs is 5. The maximum atomic E-state index is 11.2. The van der Waals surface area contributed by atoms with Gasteiger partial charge in [0.15, 0.2) is 0 Å². The van der Waals surface area contributed by atoms with Crippen LogP contribution in [0.4, 0.5) is 0 Å². The Bertz CT molecular complexity index is 534. The summed E-state index contributed by atoms with van der Waals surface area (Å²) >= 11 is 0. The van der Waals surface area contributed by atoms with Crippen LogP contribution in [0, 0.1) is 6.92 Å². The zero-order valence-electron chi connectivity index (χ0n) is 6.71. The van der Waals surface area contributed by atoms with Crippen molar-refractivity contribution in [1.29, 1.82) is 0 Å². The molecule has 0 unspecified atom stereocenters. The van der Waals surface area contributed by atoms with Gasteiger partial charge >= 0.3 is 11.9 Å². The summed E-state index contributed by atoms with van der Waals surface area (Å²) in [6.45, 7) is 1.82. The minimum atomic E-state index is -0.603. The molecule has 0 saturated carbocycles. The third-order valence-corrected chi connectivity index (χ3v) is 2.23. The van der Waals surface area contributed by atoms with Crippen LogP contribution >= 0.6 is 0 Å². The third kappa shape index (κ3) is 0.580. The van der Waals surface area contributed by atoms with Gasteiger partial charge in [0.25, 0.3) is 0 Å². The molecule has 1 aliphatic rings.